The number of rotatable bonds is 2. The molecule has 2 bridgehead atoms. The number of morpholine rings is 1. The second kappa shape index (κ2) is 5.96. The molecule has 0 saturated carbocycles. The summed E-state index contributed by atoms with van der Waals surface area (Å²) in [6.07, 6.45) is 2.97. The van der Waals surface area contributed by atoms with Gasteiger partial charge in [-0.15, -0.1) is 11.3 Å². The van der Waals surface area contributed by atoms with Crippen molar-refractivity contribution in [1.82, 2.24) is 4.90 Å². The van der Waals surface area contributed by atoms with Crippen LogP contribution in [0, 0.1) is 11.8 Å². The molecule has 0 aliphatic carbocycles. The molecule has 0 radical (unpaired) electrons. The van der Waals surface area contributed by atoms with E-state index in [0.29, 0.717) is 24.4 Å². The highest BCUT2D eigenvalue weighted by Crippen LogP contribution is 2.28. The summed E-state index contributed by atoms with van der Waals surface area (Å²) in [7, 11) is 0. The quantitative estimate of drug-likeness (QED) is 0.840. The van der Waals surface area contributed by atoms with Crippen LogP contribution < -0.4 is 0 Å². The molecule has 2 unspecified atom stereocenters. The van der Waals surface area contributed by atoms with Gasteiger partial charge in [-0.1, -0.05) is 11.8 Å². The van der Waals surface area contributed by atoms with E-state index in [2.05, 4.69) is 11.8 Å². The standard InChI is InChI=1S/C15H17NO3S/c17-7-2-1-3-11-6-8-20-14(11)15(18)16-9-12-4-5-13(10-16)19-12/h6,8,12-13,17H,2,4-5,7,9-10H2. The minimum Gasteiger partial charge on any atom is -0.395 e. The lowest BCUT2D eigenvalue weighted by Crippen LogP contribution is -2.45. The number of hydrogen-bond acceptors (Lipinski definition) is 4. The summed E-state index contributed by atoms with van der Waals surface area (Å²) in [5.41, 5.74) is 0.771. The van der Waals surface area contributed by atoms with Gasteiger partial charge in [0.25, 0.3) is 5.91 Å². The highest BCUT2D eigenvalue weighted by Gasteiger charge is 2.36. The molecule has 2 atom stereocenters. The third-order valence-corrected chi connectivity index (χ3v) is 4.55. The number of likely N-dealkylation sites (tertiary alicyclic amines) is 1. The average Bonchev–Trinajstić information content (AvgIpc) is 3.05. The molecule has 3 rings (SSSR count). The van der Waals surface area contributed by atoms with E-state index in [1.54, 1.807) is 0 Å². The van der Waals surface area contributed by atoms with Crippen LogP contribution in [-0.2, 0) is 4.74 Å². The van der Waals surface area contributed by atoms with Gasteiger partial charge in [0.1, 0.15) is 4.88 Å². The summed E-state index contributed by atoms with van der Waals surface area (Å²) in [5.74, 6) is 5.91. The van der Waals surface area contributed by atoms with E-state index in [1.807, 2.05) is 16.3 Å². The topological polar surface area (TPSA) is 49.8 Å². The molecular formula is C15H17NO3S. The summed E-state index contributed by atoms with van der Waals surface area (Å²) in [6, 6.07) is 1.87. The number of thiophene rings is 1. The molecule has 106 valence electrons. The van der Waals surface area contributed by atoms with Crippen LogP contribution in [0.1, 0.15) is 34.5 Å². The normalized spacial score (nSPS) is 24.4. The second-order valence-electron chi connectivity index (χ2n) is 5.11. The smallest absolute Gasteiger partial charge is 0.265 e. The summed E-state index contributed by atoms with van der Waals surface area (Å²) < 4.78 is 5.76. The second-order valence-corrected chi connectivity index (χ2v) is 6.02. The van der Waals surface area contributed by atoms with Crippen LogP contribution in [0.2, 0.25) is 0 Å². The maximum absolute atomic E-state index is 12.6. The molecule has 1 amide bonds. The fraction of sp³-hybridized carbons (Fsp3) is 0.533. The van der Waals surface area contributed by atoms with Crippen LogP contribution in [0.3, 0.4) is 0 Å². The zero-order valence-electron chi connectivity index (χ0n) is 11.2. The van der Waals surface area contributed by atoms with Crippen molar-refractivity contribution in [3.05, 3.63) is 21.9 Å². The highest BCUT2D eigenvalue weighted by molar-refractivity contribution is 7.12. The van der Waals surface area contributed by atoms with Gasteiger partial charge in [0.05, 0.1) is 18.8 Å². The monoisotopic (exact) mass is 291 g/mol. The molecule has 2 aliphatic heterocycles. The largest absolute Gasteiger partial charge is 0.395 e. The van der Waals surface area contributed by atoms with Gasteiger partial charge in [0.15, 0.2) is 0 Å². The van der Waals surface area contributed by atoms with Crippen molar-refractivity contribution in [2.45, 2.75) is 31.5 Å². The Kier molecular flexibility index (Phi) is 4.06. The van der Waals surface area contributed by atoms with E-state index < -0.39 is 0 Å². The highest BCUT2D eigenvalue weighted by atomic mass is 32.1. The van der Waals surface area contributed by atoms with Crippen LogP contribution in [0.25, 0.3) is 0 Å². The van der Waals surface area contributed by atoms with E-state index in [-0.39, 0.29) is 24.7 Å². The molecule has 2 fully saturated rings. The number of carbonyl (C=O) groups is 1. The molecule has 1 N–H and O–H groups in total. The predicted octanol–water partition coefficient (Wildman–Crippen LogP) is 1.49. The number of nitrogens with zero attached hydrogens (tertiary/aromatic N) is 1. The maximum atomic E-state index is 12.6. The molecule has 1 aromatic rings. The lowest BCUT2D eigenvalue weighted by molar-refractivity contribution is -0.0302. The zero-order chi connectivity index (χ0) is 13.9. The third kappa shape index (κ3) is 2.73. The Bertz CT molecular complexity index is 545. The summed E-state index contributed by atoms with van der Waals surface area (Å²) in [5, 5.41) is 10.6. The lowest BCUT2D eigenvalue weighted by atomic mass is 10.2. The molecule has 0 aromatic carbocycles. The minimum absolute atomic E-state index is 0.0488. The Labute approximate surface area is 122 Å². The van der Waals surface area contributed by atoms with E-state index in [4.69, 9.17) is 9.84 Å². The van der Waals surface area contributed by atoms with E-state index >= 15 is 0 Å². The maximum Gasteiger partial charge on any atom is 0.265 e. The molecule has 3 heterocycles. The van der Waals surface area contributed by atoms with Crippen LogP contribution in [0.15, 0.2) is 11.4 Å². The first-order chi connectivity index (χ1) is 9.78. The summed E-state index contributed by atoms with van der Waals surface area (Å²) in [4.78, 5) is 15.2. The first kappa shape index (κ1) is 13.6. The summed E-state index contributed by atoms with van der Waals surface area (Å²) >= 11 is 1.44. The van der Waals surface area contributed by atoms with Crippen molar-refractivity contribution in [3.63, 3.8) is 0 Å². The third-order valence-electron chi connectivity index (χ3n) is 3.65. The van der Waals surface area contributed by atoms with Gasteiger partial charge in [-0.3, -0.25) is 4.79 Å². The van der Waals surface area contributed by atoms with Crippen molar-refractivity contribution in [3.8, 4) is 11.8 Å². The van der Waals surface area contributed by atoms with Crippen molar-refractivity contribution >= 4 is 17.2 Å². The fourth-order valence-electron chi connectivity index (χ4n) is 2.71. The van der Waals surface area contributed by atoms with Gasteiger partial charge in [0, 0.05) is 25.1 Å². The van der Waals surface area contributed by atoms with E-state index in [1.165, 1.54) is 11.3 Å². The Morgan fingerprint density at radius 1 is 1.45 bits per heavy atom. The molecular weight excluding hydrogens is 274 g/mol. The van der Waals surface area contributed by atoms with Gasteiger partial charge >= 0.3 is 0 Å². The van der Waals surface area contributed by atoms with Gasteiger partial charge < -0.3 is 14.7 Å². The molecule has 2 aliphatic rings. The number of aliphatic hydroxyl groups excluding tert-OH is 1. The van der Waals surface area contributed by atoms with Crippen LogP contribution in [-0.4, -0.2) is 47.8 Å². The lowest BCUT2D eigenvalue weighted by Gasteiger charge is -2.31. The number of amides is 1. The number of aliphatic hydroxyl groups is 1. The fourth-order valence-corrected chi connectivity index (χ4v) is 3.53. The number of hydrogen-bond donors (Lipinski definition) is 1. The van der Waals surface area contributed by atoms with E-state index in [0.717, 1.165) is 18.4 Å². The first-order valence-electron chi connectivity index (χ1n) is 6.90. The molecule has 0 spiro atoms. The van der Waals surface area contributed by atoms with Crippen molar-refractivity contribution < 1.29 is 14.6 Å². The Morgan fingerprint density at radius 2 is 2.20 bits per heavy atom. The van der Waals surface area contributed by atoms with Crippen LogP contribution in [0.4, 0.5) is 0 Å². The SMILES string of the molecule is O=C(c1sccc1C#CCCO)N1CC2CCC(C1)O2. The first-order valence-corrected chi connectivity index (χ1v) is 7.78. The minimum atomic E-state index is 0.0488. The van der Waals surface area contributed by atoms with Gasteiger partial charge in [-0.2, -0.15) is 0 Å². The predicted molar refractivity (Wildman–Crippen MR) is 76.7 cm³/mol. The molecule has 4 nitrogen and oxygen atoms in total. The van der Waals surface area contributed by atoms with Crippen molar-refractivity contribution in [2.24, 2.45) is 0 Å². The van der Waals surface area contributed by atoms with Gasteiger partial charge in [-0.25, -0.2) is 0 Å². The van der Waals surface area contributed by atoms with E-state index in [9.17, 15) is 4.79 Å². The number of fused-ring (bicyclic) bond motifs is 2. The van der Waals surface area contributed by atoms with Crippen LogP contribution >= 0.6 is 11.3 Å². The zero-order valence-corrected chi connectivity index (χ0v) is 12.0. The Balaban J connectivity index is 1.75. The molecule has 20 heavy (non-hydrogen) atoms. The number of ether oxygens (including phenoxy) is 1. The molecule has 1 aromatic heterocycles. The molecule has 2 saturated heterocycles. The van der Waals surface area contributed by atoms with Crippen molar-refractivity contribution in [2.75, 3.05) is 19.7 Å². The average molecular weight is 291 g/mol. The van der Waals surface area contributed by atoms with Crippen molar-refractivity contribution in [1.29, 1.82) is 0 Å². The Hall–Kier alpha value is -1.35. The number of carbonyl (C=O) groups excluding carboxylic acids is 1. The Morgan fingerprint density at radius 3 is 2.90 bits per heavy atom. The van der Waals surface area contributed by atoms with Gasteiger partial charge in [-0.05, 0) is 24.3 Å². The van der Waals surface area contributed by atoms with Crippen LogP contribution in [0.5, 0.6) is 0 Å². The van der Waals surface area contributed by atoms with Gasteiger partial charge in [0.2, 0.25) is 0 Å². The summed E-state index contributed by atoms with van der Waals surface area (Å²) in [6.45, 7) is 1.43. The molecule has 5 heteroatoms.